The van der Waals surface area contributed by atoms with Gasteiger partial charge in [0.25, 0.3) is 0 Å². The van der Waals surface area contributed by atoms with Crippen LogP contribution in [-0.4, -0.2) is 68.0 Å². The molecule has 2 aromatic heterocycles. The summed E-state index contributed by atoms with van der Waals surface area (Å²) in [5, 5.41) is 29.5. The second-order valence-corrected chi connectivity index (χ2v) is 12.8. The van der Waals surface area contributed by atoms with E-state index in [-0.39, 0.29) is 37.4 Å². The zero-order valence-corrected chi connectivity index (χ0v) is 27.4. The molecule has 12 heteroatoms. The topological polar surface area (TPSA) is 202 Å². The van der Waals surface area contributed by atoms with E-state index in [9.17, 15) is 29.4 Å². The highest BCUT2D eigenvalue weighted by Crippen LogP contribution is 2.21. The molecule has 0 aliphatic carbocycles. The Hall–Kier alpha value is -5.62. The number of hydrogen-bond acceptors (Lipinski definition) is 6. The lowest BCUT2D eigenvalue weighted by Gasteiger charge is -2.26. The standard InChI is InChI=1S/C37H42N6O6/c1-21(2)15-31(35(46)43-33(37(48)49)16-22-11-13-25(44)14-12-22)42-36(47)32(18-24-20-40-30-10-6-4-8-27(24)30)41-34(45)28(38)17-23-19-39-29-9-5-3-7-26(23)29/h3-14,19-21,28,31-33,39-40,44H,15-18,38H2,1-2H3,(H,41,45)(H,42,47)(H,43,46)(H,48,49). The van der Waals surface area contributed by atoms with E-state index in [1.807, 2.05) is 68.6 Å². The summed E-state index contributed by atoms with van der Waals surface area (Å²) < 4.78 is 0. The number of carbonyl (C=O) groups is 4. The molecule has 49 heavy (non-hydrogen) atoms. The molecule has 0 spiro atoms. The molecular formula is C37H42N6O6. The van der Waals surface area contributed by atoms with Crippen LogP contribution in [0.1, 0.15) is 37.0 Å². The zero-order chi connectivity index (χ0) is 35.1. The first-order chi connectivity index (χ1) is 23.5. The number of aromatic nitrogens is 2. The first kappa shape index (κ1) is 34.7. The number of carboxylic acids is 1. The number of amides is 3. The number of nitrogens with two attached hydrogens (primary N) is 1. The maximum absolute atomic E-state index is 14.0. The van der Waals surface area contributed by atoms with Crippen molar-refractivity contribution in [2.75, 3.05) is 0 Å². The largest absolute Gasteiger partial charge is 0.508 e. The molecule has 9 N–H and O–H groups in total. The summed E-state index contributed by atoms with van der Waals surface area (Å²) in [6.07, 6.45) is 4.12. The van der Waals surface area contributed by atoms with Crippen LogP contribution in [0.25, 0.3) is 21.8 Å². The normalized spacial score (nSPS) is 13.9. The predicted octanol–water partition coefficient (Wildman–Crippen LogP) is 3.30. The van der Waals surface area contributed by atoms with Crippen LogP contribution in [0.4, 0.5) is 0 Å². The Morgan fingerprint density at radius 3 is 1.76 bits per heavy atom. The van der Waals surface area contributed by atoms with Gasteiger partial charge in [0.05, 0.1) is 6.04 Å². The fourth-order valence-corrected chi connectivity index (χ4v) is 5.95. The Kier molecular flexibility index (Phi) is 11.0. The van der Waals surface area contributed by atoms with Gasteiger partial charge in [-0.15, -0.1) is 0 Å². The van der Waals surface area contributed by atoms with Crippen LogP contribution in [0, 0.1) is 5.92 Å². The highest BCUT2D eigenvalue weighted by atomic mass is 16.4. The number of fused-ring (bicyclic) bond motifs is 2. The van der Waals surface area contributed by atoms with Crippen molar-refractivity contribution in [1.82, 2.24) is 25.9 Å². The number of aromatic hydroxyl groups is 1. The number of phenolic OH excluding ortho intramolecular Hbond substituents is 1. The summed E-state index contributed by atoms with van der Waals surface area (Å²) >= 11 is 0. The molecule has 4 atom stereocenters. The van der Waals surface area contributed by atoms with Gasteiger partial charge in [0, 0.05) is 47.0 Å². The Morgan fingerprint density at radius 1 is 0.673 bits per heavy atom. The maximum Gasteiger partial charge on any atom is 0.326 e. The number of H-pyrrole nitrogens is 2. The average Bonchev–Trinajstić information content (AvgIpc) is 3.68. The van der Waals surface area contributed by atoms with E-state index in [1.165, 1.54) is 12.1 Å². The minimum absolute atomic E-state index is 0.0305. The quantitative estimate of drug-likeness (QED) is 0.0837. The summed E-state index contributed by atoms with van der Waals surface area (Å²) in [6.45, 7) is 3.76. The fourth-order valence-electron chi connectivity index (χ4n) is 5.95. The smallest absolute Gasteiger partial charge is 0.326 e. The lowest BCUT2D eigenvalue weighted by atomic mass is 9.99. The average molecular weight is 667 g/mol. The third-order valence-corrected chi connectivity index (χ3v) is 8.51. The first-order valence-electron chi connectivity index (χ1n) is 16.3. The number of hydrogen-bond donors (Lipinski definition) is 8. The molecule has 3 aromatic carbocycles. The molecule has 2 heterocycles. The van der Waals surface area contributed by atoms with E-state index in [2.05, 4.69) is 25.9 Å². The van der Waals surface area contributed by atoms with Crippen molar-refractivity contribution in [2.24, 2.45) is 11.7 Å². The van der Waals surface area contributed by atoms with Crippen LogP contribution in [0.5, 0.6) is 5.75 Å². The van der Waals surface area contributed by atoms with Gasteiger partial charge < -0.3 is 41.9 Å². The molecule has 0 saturated heterocycles. The number of nitrogens with one attached hydrogen (secondary N) is 5. The first-order valence-corrected chi connectivity index (χ1v) is 16.3. The van der Waals surface area contributed by atoms with Gasteiger partial charge in [-0.3, -0.25) is 14.4 Å². The second-order valence-electron chi connectivity index (χ2n) is 12.8. The molecule has 5 aromatic rings. The van der Waals surface area contributed by atoms with Crippen LogP contribution < -0.4 is 21.7 Å². The van der Waals surface area contributed by atoms with E-state index >= 15 is 0 Å². The number of aromatic amines is 2. The Bertz CT molecular complexity index is 1930. The lowest BCUT2D eigenvalue weighted by Crippen LogP contribution is -2.58. The fraction of sp³-hybridized carbons (Fsp3) is 0.297. The van der Waals surface area contributed by atoms with Gasteiger partial charge in [-0.05, 0) is 59.7 Å². The summed E-state index contributed by atoms with van der Waals surface area (Å²) in [6, 6.07) is 16.9. The van der Waals surface area contributed by atoms with Crippen LogP contribution in [0.3, 0.4) is 0 Å². The Morgan fingerprint density at radius 2 is 1.18 bits per heavy atom. The zero-order valence-electron chi connectivity index (χ0n) is 27.4. The molecule has 5 rings (SSSR count). The monoisotopic (exact) mass is 666 g/mol. The van der Waals surface area contributed by atoms with Gasteiger partial charge in [0.1, 0.15) is 23.9 Å². The minimum atomic E-state index is -1.28. The number of aliphatic carboxylic acids is 1. The number of carbonyl (C=O) groups excluding carboxylic acids is 3. The van der Waals surface area contributed by atoms with Crippen molar-refractivity contribution in [1.29, 1.82) is 0 Å². The molecule has 3 amide bonds. The number of benzene rings is 3. The van der Waals surface area contributed by atoms with Gasteiger partial charge in [0.15, 0.2) is 0 Å². The number of phenols is 1. The van der Waals surface area contributed by atoms with Crippen molar-refractivity contribution < 1.29 is 29.4 Å². The van der Waals surface area contributed by atoms with E-state index < -0.39 is 47.9 Å². The molecule has 0 saturated carbocycles. The van der Waals surface area contributed by atoms with Crippen molar-refractivity contribution in [3.63, 3.8) is 0 Å². The lowest BCUT2D eigenvalue weighted by molar-refractivity contribution is -0.142. The van der Waals surface area contributed by atoms with Gasteiger partial charge in [-0.2, -0.15) is 0 Å². The Balaban J connectivity index is 1.34. The molecule has 0 bridgehead atoms. The second kappa shape index (κ2) is 15.5. The van der Waals surface area contributed by atoms with Gasteiger partial charge in [0.2, 0.25) is 17.7 Å². The molecule has 12 nitrogen and oxygen atoms in total. The SMILES string of the molecule is CC(C)CC(NC(=O)C(Cc1c[nH]c2ccccc12)NC(=O)C(N)Cc1c[nH]c2ccccc12)C(=O)NC(Cc1ccc(O)cc1)C(=O)O. The summed E-state index contributed by atoms with van der Waals surface area (Å²) in [5.74, 6) is -3.06. The van der Waals surface area contributed by atoms with E-state index in [4.69, 9.17) is 5.73 Å². The van der Waals surface area contributed by atoms with Crippen LogP contribution in [0.2, 0.25) is 0 Å². The number of para-hydroxylation sites is 2. The maximum atomic E-state index is 14.0. The Labute approximate surface area is 283 Å². The van der Waals surface area contributed by atoms with E-state index in [1.54, 1.807) is 18.3 Å². The molecule has 0 aliphatic heterocycles. The third kappa shape index (κ3) is 8.85. The predicted molar refractivity (Wildman–Crippen MR) is 187 cm³/mol. The van der Waals surface area contributed by atoms with Crippen LogP contribution in [0.15, 0.2) is 85.2 Å². The van der Waals surface area contributed by atoms with Gasteiger partial charge >= 0.3 is 5.97 Å². The van der Waals surface area contributed by atoms with E-state index in [0.29, 0.717) is 5.56 Å². The molecule has 0 radical (unpaired) electrons. The molecule has 0 aliphatic rings. The van der Waals surface area contributed by atoms with Crippen molar-refractivity contribution in [2.45, 2.75) is 63.7 Å². The van der Waals surface area contributed by atoms with Crippen molar-refractivity contribution in [3.8, 4) is 5.75 Å². The highest BCUT2D eigenvalue weighted by Gasteiger charge is 2.31. The van der Waals surface area contributed by atoms with Crippen molar-refractivity contribution in [3.05, 3.63) is 102 Å². The van der Waals surface area contributed by atoms with Crippen molar-refractivity contribution >= 4 is 45.5 Å². The van der Waals surface area contributed by atoms with E-state index in [0.717, 1.165) is 32.9 Å². The summed E-state index contributed by atoms with van der Waals surface area (Å²) in [7, 11) is 0. The number of carboxylic acid groups (broad SMARTS) is 1. The summed E-state index contributed by atoms with van der Waals surface area (Å²) in [5.41, 5.74) is 10.4. The van der Waals surface area contributed by atoms with Crippen LogP contribution in [-0.2, 0) is 38.4 Å². The molecule has 0 fully saturated rings. The van der Waals surface area contributed by atoms with Gasteiger partial charge in [-0.25, -0.2) is 4.79 Å². The number of rotatable bonds is 15. The van der Waals surface area contributed by atoms with Crippen LogP contribution >= 0.6 is 0 Å². The third-order valence-electron chi connectivity index (χ3n) is 8.51. The molecular weight excluding hydrogens is 624 g/mol. The summed E-state index contributed by atoms with van der Waals surface area (Å²) in [4.78, 5) is 59.6. The van der Waals surface area contributed by atoms with Gasteiger partial charge in [-0.1, -0.05) is 62.4 Å². The highest BCUT2D eigenvalue weighted by molar-refractivity contribution is 5.95. The molecule has 256 valence electrons. The minimum Gasteiger partial charge on any atom is -0.508 e. The molecule has 4 unspecified atom stereocenters.